The van der Waals surface area contributed by atoms with Gasteiger partial charge in [0.25, 0.3) is 0 Å². The molecule has 3 nitrogen and oxygen atoms in total. The second kappa shape index (κ2) is 7.24. The molecule has 0 amide bonds. The topological polar surface area (TPSA) is 30.2 Å². The highest BCUT2D eigenvalue weighted by Gasteiger charge is 2.13. The van der Waals surface area contributed by atoms with Crippen molar-refractivity contribution >= 4 is 18.1 Å². The number of carbonyl (C=O) groups is 1. The van der Waals surface area contributed by atoms with E-state index in [2.05, 4.69) is 0 Å². The van der Waals surface area contributed by atoms with Crippen LogP contribution in [0.2, 0.25) is 0 Å². The molecule has 0 atom stereocenters. The molecule has 0 saturated carbocycles. The average molecular weight is 268 g/mol. The Morgan fingerprint density at radius 1 is 1.10 bits per heavy atom. The molecule has 0 N–H and O–H groups in total. The Morgan fingerprint density at radius 2 is 1.85 bits per heavy atom. The molecule has 1 aromatic carbocycles. The van der Waals surface area contributed by atoms with E-state index >= 15 is 0 Å². The number of esters is 1. The number of aromatic nitrogens is 1. The smallest absolute Gasteiger partial charge is 0.372 e. The second-order valence-electron chi connectivity index (χ2n) is 4.30. The minimum atomic E-state index is -0.224. The van der Waals surface area contributed by atoms with E-state index in [9.17, 15) is 4.79 Å². The van der Waals surface area contributed by atoms with Gasteiger partial charge in [-0.2, -0.15) is 4.57 Å². The van der Waals surface area contributed by atoms with Crippen LogP contribution in [0.15, 0.2) is 54.7 Å². The largest absolute Gasteiger partial charge is 0.461 e. The molecule has 1 heterocycles. The highest BCUT2D eigenvalue weighted by Crippen LogP contribution is 2.04. The van der Waals surface area contributed by atoms with Gasteiger partial charge < -0.3 is 4.74 Å². The van der Waals surface area contributed by atoms with E-state index in [0.29, 0.717) is 6.61 Å². The molecule has 0 aliphatic carbocycles. The lowest BCUT2D eigenvalue weighted by Gasteiger charge is -2.01. The molecule has 1 aromatic heterocycles. The van der Waals surface area contributed by atoms with E-state index in [1.54, 1.807) is 0 Å². The molecule has 0 unspecified atom stereocenters. The lowest BCUT2D eigenvalue weighted by atomic mass is 10.2. The lowest BCUT2D eigenvalue weighted by Crippen LogP contribution is -2.41. The van der Waals surface area contributed by atoms with Gasteiger partial charge in [-0.3, -0.25) is 0 Å². The van der Waals surface area contributed by atoms with Crippen LogP contribution in [0, 0.1) is 0 Å². The second-order valence-corrected chi connectivity index (χ2v) is 4.30. The van der Waals surface area contributed by atoms with Crippen LogP contribution in [0.25, 0.3) is 12.2 Å². The Morgan fingerprint density at radius 3 is 2.60 bits per heavy atom. The molecular formula is C17H18NO2+. The Kier molecular flexibility index (Phi) is 5.07. The summed E-state index contributed by atoms with van der Waals surface area (Å²) in [5.41, 5.74) is 2.09. The first-order valence-corrected chi connectivity index (χ1v) is 6.67. The molecule has 0 fully saturated rings. The van der Waals surface area contributed by atoms with Gasteiger partial charge in [0.1, 0.15) is 0 Å². The van der Waals surface area contributed by atoms with Crippen molar-refractivity contribution in [3.8, 4) is 0 Å². The van der Waals surface area contributed by atoms with Gasteiger partial charge in [0, 0.05) is 18.2 Å². The van der Waals surface area contributed by atoms with Crippen molar-refractivity contribution in [3.63, 3.8) is 0 Å². The third-order valence-corrected chi connectivity index (χ3v) is 2.83. The van der Waals surface area contributed by atoms with E-state index in [1.807, 2.05) is 78.4 Å². The van der Waals surface area contributed by atoms with Crippen molar-refractivity contribution in [1.29, 1.82) is 0 Å². The SMILES string of the molecule is CCOC(=O)C[n+]1ccccc1C=Cc1ccccc1. The maximum Gasteiger partial charge on any atom is 0.372 e. The number of ether oxygens (including phenoxy) is 1. The van der Waals surface area contributed by atoms with Crippen molar-refractivity contribution in [1.82, 2.24) is 0 Å². The van der Waals surface area contributed by atoms with Crippen molar-refractivity contribution in [2.24, 2.45) is 0 Å². The van der Waals surface area contributed by atoms with Gasteiger partial charge in [-0.05, 0) is 24.6 Å². The van der Waals surface area contributed by atoms with Crippen LogP contribution < -0.4 is 4.57 Å². The van der Waals surface area contributed by atoms with Crippen LogP contribution in [-0.4, -0.2) is 12.6 Å². The van der Waals surface area contributed by atoms with Crippen LogP contribution in [0.3, 0.4) is 0 Å². The Hall–Kier alpha value is -2.42. The number of benzene rings is 1. The number of hydrogen-bond donors (Lipinski definition) is 0. The summed E-state index contributed by atoms with van der Waals surface area (Å²) in [5.74, 6) is -0.224. The van der Waals surface area contributed by atoms with Gasteiger partial charge in [-0.1, -0.05) is 30.3 Å². The van der Waals surface area contributed by atoms with Crippen molar-refractivity contribution in [2.45, 2.75) is 13.5 Å². The van der Waals surface area contributed by atoms with Gasteiger partial charge in [-0.25, -0.2) is 4.79 Å². The molecule has 2 rings (SSSR count). The van der Waals surface area contributed by atoms with E-state index in [0.717, 1.165) is 11.3 Å². The van der Waals surface area contributed by atoms with Crippen LogP contribution in [0.5, 0.6) is 0 Å². The molecule has 0 radical (unpaired) electrons. The van der Waals surface area contributed by atoms with Gasteiger partial charge in [-0.15, -0.1) is 0 Å². The van der Waals surface area contributed by atoms with Gasteiger partial charge in [0.05, 0.1) is 6.61 Å². The van der Waals surface area contributed by atoms with E-state index in [1.165, 1.54) is 0 Å². The molecular weight excluding hydrogens is 250 g/mol. The van der Waals surface area contributed by atoms with Crippen LogP contribution in [0.4, 0.5) is 0 Å². The zero-order valence-electron chi connectivity index (χ0n) is 11.5. The van der Waals surface area contributed by atoms with E-state index in [4.69, 9.17) is 4.74 Å². The Bertz CT molecular complexity index is 591. The first-order chi connectivity index (χ1) is 9.79. The molecule has 0 aliphatic heterocycles. The van der Waals surface area contributed by atoms with Crippen molar-refractivity contribution in [2.75, 3.05) is 6.61 Å². The Balaban J connectivity index is 2.16. The quantitative estimate of drug-likeness (QED) is 0.616. The predicted octanol–water partition coefficient (Wildman–Crippen LogP) is 2.71. The zero-order valence-corrected chi connectivity index (χ0v) is 11.5. The highest BCUT2D eigenvalue weighted by molar-refractivity contribution is 5.69. The third-order valence-electron chi connectivity index (χ3n) is 2.83. The Labute approximate surface area is 119 Å². The molecule has 0 aliphatic rings. The molecule has 3 heteroatoms. The number of hydrogen-bond acceptors (Lipinski definition) is 2. The summed E-state index contributed by atoms with van der Waals surface area (Å²) in [6, 6.07) is 15.9. The van der Waals surface area contributed by atoms with Crippen LogP contribution in [-0.2, 0) is 16.1 Å². The minimum absolute atomic E-state index is 0.224. The number of carbonyl (C=O) groups excluding carboxylic acids is 1. The summed E-state index contributed by atoms with van der Waals surface area (Å²) in [5, 5.41) is 0. The fourth-order valence-corrected chi connectivity index (χ4v) is 1.88. The van der Waals surface area contributed by atoms with Crippen molar-refractivity contribution < 1.29 is 14.1 Å². The number of nitrogens with zero attached hydrogens (tertiary/aromatic N) is 1. The average Bonchev–Trinajstić information content (AvgIpc) is 2.48. The molecule has 20 heavy (non-hydrogen) atoms. The summed E-state index contributed by atoms with van der Waals surface area (Å²) >= 11 is 0. The van der Waals surface area contributed by atoms with Crippen LogP contribution >= 0.6 is 0 Å². The monoisotopic (exact) mass is 268 g/mol. The molecule has 2 aromatic rings. The van der Waals surface area contributed by atoms with E-state index < -0.39 is 0 Å². The standard InChI is InChI=1S/C17H18NO2/c1-2-20-17(19)14-18-13-7-6-10-16(18)12-11-15-8-4-3-5-9-15/h3-13H,2,14H2,1H3/q+1. The summed E-state index contributed by atoms with van der Waals surface area (Å²) in [7, 11) is 0. The van der Waals surface area contributed by atoms with Gasteiger partial charge in [0.15, 0.2) is 6.20 Å². The minimum Gasteiger partial charge on any atom is -0.461 e. The highest BCUT2D eigenvalue weighted by atomic mass is 16.5. The maximum atomic E-state index is 11.6. The normalized spacial score (nSPS) is 10.7. The fourth-order valence-electron chi connectivity index (χ4n) is 1.88. The molecule has 102 valence electrons. The molecule has 0 saturated heterocycles. The maximum absolute atomic E-state index is 11.6. The summed E-state index contributed by atoms with van der Waals surface area (Å²) < 4.78 is 6.85. The summed E-state index contributed by atoms with van der Waals surface area (Å²) in [4.78, 5) is 11.6. The predicted molar refractivity (Wildman–Crippen MR) is 78.6 cm³/mol. The zero-order chi connectivity index (χ0) is 14.2. The van der Waals surface area contributed by atoms with Crippen molar-refractivity contribution in [3.05, 3.63) is 66.0 Å². The van der Waals surface area contributed by atoms with Gasteiger partial charge >= 0.3 is 5.97 Å². The van der Waals surface area contributed by atoms with Crippen LogP contribution in [0.1, 0.15) is 18.2 Å². The third kappa shape index (κ3) is 4.05. The first-order valence-electron chi connectivity index (χ1n) is 6.67. The van der Waals surface area contributed by atoms with Gasteiger partial charge in [0.2, 0.25) is 12.2 Å². The first kappa shape index (κ1) is 14.0. The fraction of sp³-hybridized carbons (Fsp3) is 0.176. The summed E-state index contributed by atoms with van der Waals surface area (Å²) in [6.45, 7) is 2.44. The van der Waals surface area contributed by atoms with E-state index in [-0.39, 0.29) is 12.5 Å². The molecule has 0 spiro atoms. The number of pyridine rings is 1. The molecule has 0 bridgehead atoms. The summed E-state index contributed by atoms with van der Waals surface area (Å²) in [6.07, 6.45) is 5.90. The lowest BCUT2D eigenvalue weighted by molar-refractivity contribution is -0.687. The number of rotatable bonds is 5.